The molecule has 2 aromatic rings. The molecule has 100 valence electrons. The second-order valence-electron chi connectivity index (χ2n) is 4.80. The highest BCUT2D eigenvalue weighted by Crippen LogP contribution is 2.25. The van der Waals surface area contributed by atoms with Gasteiger partial charge >= 0.3 is 0 Å². The molecule has 5 nitrogen and oxygen atoms in total. The van der Waals surface area contributed by atoms with E-state index in [0.29, 0.717) is 11.9 Å². The Morgan fingerprint density at radius 2 is 2.11 bits per heavy atom. The number of hydrogen-bond donors (Lipinski definition) is 1. The van der Waals surface area contributed by atoms with Crippen LogP contribution in [0.4, 0.5) is 5.69 Å². The van der Waals surface area contributed by atoms with Gasteiger partial charge in [0, 0.05) is 30.5 Å². The van der Waals surface area contributed by atoms with Gasteiger partial charge in [-0.3, -0.25) is 0 Å². The molecule has 1 aromatic heterocycles. The molecule has 0 atom stereocenters. The van der Waals surface area contributed by atoms with E-state index in [1.807, 2.05) is 6.07 Å². The summed E-state index contributed by atoms with van der Waals surface area (Å²) in [7, 11) is 0. The monoisotopic (exact) mass is 259 g/mol. The maximum absolute atomic E-state index is 5.38. The second kappa shape index (κ2) is 5.40. The predicted octanol–water partition coefficient (Wildman–Crippen LogP) is 2.64. The molecule has 1 fully saturated rings. The van der Waals surface area contributed by atoms with Gasteiger partial charge < -0.3 is 14.5 Å². The molecule has 0 spiro atoms. The van der Waals surface area contributed by atoms with E-state index in [9.17, 15) is 0 Å². The van der Waals surface area contributed by atoms with Gasteiger partial charge in [-0.1, -0.05) is 6.07 Å². The summed E-state index contributed by atoms with van der Waals surface area (Å²) in [5.41, 5.74) is 3.29. The molecule has 0 amide bonds. The van der Waals surface area contributed by atoms with Gasteiger partial charge in [-0.25, -0.2) is 0 Å². The van der Waals surface area contributed by atoms with Crippen molar-refractivity contribution in [1.29, 1.82) is 0 Å². The molecule has 1 aliphatic heterocycles. The number of aromatic nitrogens is 2. The third-order valence-electron chi connectivity index (χ3n) is 3.43. The van der Waals surface area contributed by atoms with Crippen molar-refractivity contribution in [3.05, 3.63) is 30.2 Å². The first-order chi connectivity index (χ1) is 9.33. The smallest absolute Gasteiger partial charge is 0.247 e. The highest BCUT2D eigenvalue weighted by Gasteiger charge is 2.15. The Morgan fingerprint density at radius 1 is 1.26 bits per heavy atom. The van der Waals surface area contributed by atoms with Crippen LogP contribution in [0.5, 0.6) is 0 Å². The number of rotatable bonds is 3. The molecule has 0 bridgehead atoms. The average molecular weight is 259 g/mol. The molecule has 1 aliphatic rings. The van der Waals surface area contributed by atoms with Gasteiger partial charge in [-0.15, -0.1) is 10.2 Å². The van der Waals surface area contributed by atoms with E-state index in [-0.39, 0.29) is 0 Å². The normalized spacial score (nSPS) is 16.5. The Morgan fingerprint density at radius 3 is 2.84 bits per heavy atom. The summed E-state index contributed by atoms with van der Waals surface area (Å²) in [6, 6.07) is 6.61. The Kier molecular flexibility index (Phi) is 3.46. The van der Waals surface area contributed by atoms with Crippen LogP contribution in [0.2, 0.25) is 0 Å². The van der Waals surface area contributed by atoms with Crippen LogP contribution in [0, 0.1) is 6.92 Å². The second-order valence-corrected chi connectivity index (χ2v) is 4.80. The fraction of sp³-hybridized carbons (Fsp3) is 0.429. The highest BCUT2D eigenvalue weighted by molar-refractivity contribution is 5.64. The Bertz CT molecular complexity index is 534. The average Bonchev–Trinajstić information content (AvgIpc) is 2.96. The summed E-state index contributed by atoms with van der Waals surface area (Å²) in [6.07, 6.45) is 3.44. The van der Waals surface area contributed by atoms with Crippen molar-refractivity contribution in [2.24, 2.45) is 0 Å². The van der Waals surface area contributed by atoms with Gasteiger partial charge in [0.2, 0.25) is 12.3 Å². The first kappa shape index (κ1) is 12.2. The van der Waals surface area contributed by atoms with Crippen LogP contribution in [0.1, 0.15) is 18.4 Å². The zero-order chi connectivity index (χ0) is 13.1. The Hall–Kier alpha value is -1.88. The van der Waals surface area contributed by atoms with Crippen molar-refractivity contribution in [1.82, 2.24) is 10.2 Å². The van der Waals surface area contributed by atoms with Gasteiger partial charge in [-0.05, 0) is 37.5 Å². The quantitative estimate of drug-likeness (QED) is 0.918. The Balaban J connectivity index is 1.81. The van der Waals surface area contributed by atoms with Gasteiger partial charge in [0.15, 0.2) is 0 Å². The highest BCUT2D eigenvalue weighted by atomic mass is 16.5. The number of anilines is 1. The fourth-order valence-electron chi connectivity index (χ4n) is 2.27. The lowest BCUT2D eigenvalue weighted by atomic mass is 10.1. The minimum Gasteiger partial charge on any atom is -0.423 e. The van der Waals surface area contributed by atoms with Crippen LogP contribution in [-0.4, -0.2) is 29.5 Å². The van der Waals surface area contributed by atoms with Crippen molar-refractivity contribution in [2.75, 3.05) is 18.5 Å². The third-order valence-corrected chi connectivity index (χ3v) is 3.43. The minimum absolute atomic E-state index is 0.477. The van der Waals surface area contributed by atoms with E-state index in [1.54, 1.807) is 0 Å². The molecule has 3 rings (SSSR count). The summed E-state index contributed by atoms with van der Waals surface area (Å²) in [5, 5.41) is 11.2. The lowest BCUT2D eigenvalue weighted by molar-refractivity contribution is 0.0904. The van der Waals surface area contributed by atoms with Crippen LogP contribution in [0.15, 0.2) is 29.0 Å². The molecular formula is C14H17N3O2. The zero-order valence-electron chi connectivity index (χ0n) is 10.9. The standard InChI is InChI=1S/C14H17N3O2/c1-10-2-3-11(14-17-15-9-19-14)8-13(10)16-12-4-6-18-7-5-12/h2-3,8-9,12,16H,4-7H2,1H3. The zero-order valence-corrected chi connectivity index (χ0v) is 10.9. The van der Waals surface area contributed by atoms with Crippen molar-refractivity contribution in [3.63, 3.8) is 0 Å². The Labute approximate surface area is 112 Å². The predicted molar refractivity (Wildman–Crippen MR) is 71.9 cm³/mol. The first-order valence-corrected chi connectivity index (χ1v) is 6.54. The fourth-order valence-corrected chi connectivity index (χ4v) is 2.27. The molecule has 1 saturated heterocycles. The van der Waals surface area contributed by atoms with Gasteiger partial charge in [-0.2, -0.15) is 0 Å². The van der Waals surface area contributed by atoms with Crippen molar-refractivity contribution in [3.8, 4) is 11.5 Å². The molecular weight excluding hydrogens is 242 g/mol. The van der Waals surface area contributed by atoms with E-state index in [4.69, 9.17) is 9.15 Å². The van der Waals surface area contributed by atoms with E-state index < -0.39 is 0 Å². The number of benzene rings is 1. The van der Waals surface area contributed by atoms with Gasteiger partial charge in [0.05, 0.1) is 0 Å². The summed E-state index contributed by atoms with van der Waals surface area (Å²) < 4.78 is 10.6. The third kappa shape index (κ3) is 2.76. The van der Waals surface area contributed by atoms with E-state index in [0.717, 1.165) is 37.3 Å². The van der Waals surface area contributed by atoms with Crippen LogP contribution in [0.3, 0.4) is 0 Å². The molecule has 1 aromatic carbocycles. The van der Waals surface area contributed by atoms with E-state index in [1.165, 1.54) is 12.0 Å². The lowest BCUT2D eigenvalue weighted by Gasteiger charge is -2.25. The molecule has 0 radical (unpaired) electrons. The van der Waals surface area contributed by atoms with Crippen molar-refractivity contribution in [2.45, 2.75) is 25.8 Å². The van der Waals surface area contributed by atoms with Crippen LogP contribution >= 0.6 is 0 Å². The van der Waals surface area contributed by atoms with Gasteiger partial charge in [0.25, 0.3) is 0 Å². The van der Waals surface area contributed by atoms with Crippen LogP contribution in [-0.2, 0) is 4.74 Å². The first-order valence-electron chi connectivity index (χ1n) is 6.54. The lowest BCUT2D eigenvalue weighted by Crippen LogP contribution is -2.28. The van der Waals surface area contributed by atoms with Crippen molar-refractivity contribution >= 4 is 5.69 Å². The molecule has 1 N–H and O–H groups in total. The van der Waals surface area contributed by atoms with Crippen molar-refractivity contribution < 1.29 is 9.15 Å². The van der Waals surface area contributed by atoms with Crippen LogP contribution in [0.25, 0.3) is 11.5 Å². The largest absolute Gasteiger partial charge is 0.423 e. The summed E-state index contributed by atoms with van der Waals surface area (Å²) in [4.78, 5) is 0. The molecule has 2 heterocycles. The number of nitrogens with one attached hydrogen (secondary N) is 1. The number of hydrogen-bond acceptors (Lipinski definition) is 5. The number of ether oxygens (including phenoxy) is 1. The summed E-state index contributed by atoms with van der Waals surface area (Å²) >= 11 is 0. The molecule has 0 aliphatic carbocycles. The number of aryl methyl sites for hydroxylation is 1. The van der Waals surface area contributed by atoms with E-state index in [2.05, 4.69) is 34.6 Å². The SMILES string of the molecule is Cc1ccc(-c2nnco2)cc1NC1CCOCC1. The molecule has 0 unspecified atom stereocenters. The number of nitrogens with zero attached hydrogens (tertiary/aromatic N) is 2. The molecule has 5 heteroatoms. The minimum atomic E-state index is 0.477. The maximum Gasteiger partial charge on any atom is 0.247 e. The van der Waals surface area contributed by atoms with Crippen LogP contribution < -0.4 is 5.32 Å². The van der Waals surface area contributed by atoms with Gasteiger partial charge in [0.1, 0.15) is 0 Å². The topological polar surface area (TPSA) is 60.2 Å². The molecule has 19 heavy (non-hydrogen) atoms. The summed E-state index contributed by atoms with van der Waals surface area (Å²) in [5.74, 6) is 0.551. The maximum atomic E-state index is 5.38. The van der Waals surface area contributed by atoms with E-state index >= 15 is 0 Å². The molecule has 0 saturated carbocycles. The summed E-state index contributed by atoms with van der Waals surface area (Å²) in [6.45, 7) is 3.76.